The molecule has 0 amide bonds. The Morgan fingerprint density at radius 1 is 1.11 bits per heavy atom. The third-order valence-electron chi connectivity index (χ3n) is 8.48. The van der Waals surface area contributed by atoms with Crippen molar-refractivity contribution >= 4 is 5.78 Å². The first-order valence-electron chi connectivity index (χ1n) is 11.0. The molecule has 0 aromatic heterocycles. The van der Waals surface area contributed by atoms with Gasteiger partial charge in [0, 0.05) is 24.8 Å². The van der Waals surface area contributed by atoms with Crippen molar-refractivity contribution in [3.05, 3.63) is 23.0 Å². The Morgan fingerprint density at radius 3 is 2.56 bits per heavy atom. The average Bonchev–Trinajstić information content (AvgIpc) is 2.91. The molecule has 0 heterocycles. The van der Waals surface area contributed by atoms with Crippen LogP contribution in [0.4, 0.5) is 0 Å². The van der Waals surface area contributed by atoms with Crippen LogP contribution in [0.15, 0.2) is 23.0 Å². The lowest BCUT2D eigenvalue weighted by Crippen LogP contribution is -2.50. The third-order valence-corrected chi connectivity index (χ3v) is 8.48. The van der Waals surface area contributed by atoms with Crippen LogP contribution in [0.3, 0.4) is 0 Å². The largest absolute Gasteiger partial charge is 0.498 e. The number of nitrogens with zero attached hydrogens (tertiary/aromatic N) is 1. The van der Waals surface area contributed by atoms with Crippen molar-refractivity contribution in [2.75, 3.05) is 27.2 Å². The molecule has 0 saturated heterocycles. The summed E-state index contributed by atoms with van der Waals surface area (Å²) in [4.78, 5) is 15.0. The highest BCUT2D eigenvalue weighted by molar-refractivity contribution is 5.87. The number of carbonyl (C=O) groups is 1. The molecule has 2 fully saturated rings. The zero-order chi connectivity index (χ0) is 19.4. The van der Waals surface area contributed by atoms with E-state index in [1.165, 1.54) is 25.0 Å². The summed E-state index contributed by atoms with van der Waals surface area (Å²) in [5.41, 5.74) is 3.38. The second-order valence-electron chi connectivity index (χ2n) is 10.2. The topological polar surface area (TPSA) is 29.5 Å². The van der Waals surface area contributed by atoms with Crippen LogP contribution in [0, 0.1) is 28.6 Å². The molecule has 0 aromatic rings. The van der Waals surface area contributed by atoms with E-state index in [4.69, 9.17) is 4.74 Å². The van der Waals surface area contributed by atoms with Crippen LogP contribution in [0.1, 0.15) is 65.7 Å². The van der Waals surface area contributed by atoms with Crippen LogP contribution in [-0.2, 0) is 9.53 Å². The van der Waals surface area contributed by atoms with Crippen molar-refractivity contribution in [1.82, 2.24) is 4.90 Å². The predicted octanol–water partition coefficient (Wildman–Crippen LogP) is 4.98. The van der Waals surface area contributed by atoms with E-state index in [9.17, 15) is 4.79 Å². The normalized spacial score (nSPS) is 41.2. The van der Waals surface area contributed by atoms with Gasteiger partial charge in [0.1, 0.15) is 5.78 Å². The monoisotopic (exact) mass is 371 g/mol. The van der Waals surface area contributed by atoms with Crippen molar-refractivity contribution in [3.8, 4) is 0 Å². The number of carbonyl (C=O) groups excluding carboxylic acids is 1. The molecule has 0 N–H and O–H groups in total. The highest BCUT2D eigenvalue weighted by atomic mass is 16.5. The maximum absolute atomic E-state index is 12.7. The van der Waals surface area contributed by atoms with Crippen LogP contribution in [0.2, 0.25) is 0 Å². The molecule has 3 nitrogen and oxygen atoms in total. The zero-order valence-electron chi connectivity index (χ0n) is 17.9. The number of Topliss-reactive ketones (excluding diaryl/α,β-unsaturated/α-hetero) is 1. The van der Waals surface area contributed by atoms with E-state index in [0.29, 0.717) is 17.6 Å². The Labute approximate surface area is 165 Å². The van der Waals surface area contributed by atoms with Crippen molar-refractivity contribution in [2.45, 2.75) is 65.7 Å². The van der Waals surface area contributed by atoms with Gasteiger partial charge >= 0.3 is 0 Å². The Morgan fingerprint density at radius 2 is 1.85 bits per heavy atom. The SMILES string of the molecule is CCOC1=CC2=C(CN(C)C)C[C@@H]3[C@H](CC[C@]4(C)C(=O)CC[C@@H]34)[C@@]2(C)CC1. The Hall–Kier alpha value is -1.09. The van der Waals surface area contributed by atoms with Gasteiger partial charge in [-0.05, 0) is 87.9 Å². The van der Waals surface area contributed by atoms with Gasteiger partial charge in [-0.25, -0.2) is 0 Å². The summed E-state index contributed by atoms with van der Waals surface area (Å²) in [7, 11) is 4.36. The molecule has 0 radical (unpaired) electrons. The van der Waals surface area contributed by atoms with Crippen LogP contribution in [0.25, 0.3) is 0 Å². The minimum atomic E-state index is -0.0424. The van der Waals surface area contributed by atoms with Gasteiger partial charge < -0.3 is 9.64 Å². The van der Waals surface area contributed by atoms with Gasteiger partial charge in [-0.2, -0.15) is 0 Å². The van der Waals surface area contributed by atoms with Gasteiger partial charge in [0.25, 0.3) is 0 Å². The van der Waals surface area contributed by atoms with Crippen molar-refractivity contribution in [3.63, 3.8) is 0 Å². The van der Waals surface area contributed by atoms with Crippen molar-refractivity contribution in [2.24, 2.45) is 28.6 Å². The number of fused-ring (bicyclic) bond motifs is 5. The summed E-state index contributed by atoms with van der Waals surface area (Å²) < 4.78 is 5.93. The molecule has 5 atom stereocenters. The fourth-order valence-corrected chi connectivity index (χ4v) is 7.17. The van der Waals surface area contributed by atoms with Gasteiger partial charge in [0.2, 0.25) is 0 Å². The molecule has 27 heavy (non-hydrogen) atoms. The Balaban J connectivity index is 1.77. The van der Waals surface area contributed by atoms with E-state index in [1.54, 1.807) is 11.1 Å². The molecule has 0 aliphatic heterocycles. The molecular weight excluding hydrogens is 334 g/mol. The fraction of sp³-hybridized carbons (Fsp3) is 0.792. The molecule has 2 saturated carbocycles. The smallest absolute Gasteiger partial charge is 0.139 e. The molecule has 4 rings (SSSR count). The van der Waals surface area contributed by atoms with Crippen molar-refractivity contribution in [1.29, 1.82) is 0 Å². The van der Waals surface area contributed by atoms with Crippen LogP contribution < -0.4 is 0 Å². The lowest BCUT2D eigenvalue weighted by Gasteiger charge is -2.57. The summed E-state index contributed by atoms with van der Waals surface area (Å²) in [6, 6.07) is 0. The number of ketones is 1. The first kappa shape index (κ1) is 19.2. The molecule has 0 unspecified atom stereocenters. The maximum atomic E-state index is 12.7. The zero-order valence-corrected chi connectivity index (χ0v) is 17.9. The second-order valence-corrected chi connectivity index (χ2v) is 10.2. The summed E-state index contributed by atoms with van der Waals surface area (Å²) in [6.45, 7) is 8.67. The van der Waals surface area contributed by atoms with Crippen LogP contribution in [-0.4, -0.2) is 37.9 Å². The average molecular weight is 372 g/mol. The summed E-state index contributed by atoms with van der Waals surface area (Å²) >= 11 is 0. The second kappa shape index (κ2) is 6.76. The number of hydrogen-bond donors (Lipinski definition) is 0. The standard InChI is InChI=1S/C24H37NO2/c1-6-27-17-9-11-23(2)20-10-12-24(3)19(7-8-22(24)26)18(20)13-16(15-25(4)5)21(23)14-17/h14,18-20H,6-13,15H2,1-5H3/t18-,19-,20-,23+,24-/m0/s1. The number of allylic oxidation sites excluding steroid dienone is 3. The third kappa shape index (κ3) is 2.92. The number of likely N-dealkylation sites (N-methyl/N-ethyl adjacent to an activating group) is 1. The number of rotatable bonds is 4. The van der Waals surface area contributed by atoms with E-state index in [1.807, 2.05) is 0 Å². The highest BCUT2D eigenvalue weighted by Crippen LogP contribution is 2.64. The highest BCUT2D eigenvalue weighted by Gasteiger charge is 2.59. The quantitative estimate of drug-likeness (QED) is 0.698. The molecule has 0 spiro atoms. The maximum Gasteiger partial charge on any atom is 0.139 e. The van der Waals surface area contributed by atoms with Crippen LogP contribution >= 0.6 is 0 Å². The lowest BCUT2D eigenvalue weighted by molar-refractivity contribution is -0.131. The number of hydrogen-bond acceptors (Lipinski definition) is 3. The van der Waals surface area contributed by atoms with E-state index in [2.05, 4.69) is 45.8 Å². The number of ether oxygens (including phenoxy) is 1. The van der Waals surface area contributed by atoms with Gasteiger partial charge in [0.15, 0.2) is 0 Å². The molecule has 0 aromatic carbocycles. The first-order valence-corrected chi connectivity index (χ1v) is 11.0. The Kier molecular flexibility index (Phi) is 4.81. The Bertz CT molecular complexity index is 690. The first-order chi connectivity index (χ1) is 12.8. The fourth-order valence-electron chi connectivity index (χ4n) is 7.17. The minimum absolute atomic E-state index is 0.0424. The van der Waals surface area contributed by atoms with E-state index in [-0.39, 0.29) is 10.8 Å². The minimum Gasteiger partial charge on any atom is -0.498 e. The van der Waals surface area contributed by atoms with Gasteiger partial charge in [-0.1, -0.05) is 19.4 Å². The summed E-state index contributed by atoms with van der Waals surface area (Å²) in [5, 5.41) is 0. The molecule has 0 bridgehead atoms. The molecular formula is C24H37NO2. The van der Waals surface area contributed by atoms with E-state index in [0.717, 1.165) is 44.8 Å². The summed E-state index contributed by atoms with van der Waals surface area (Å²) in [6.07, 6.45) is 10.1. The lowest BCUT2D eigenvalue weighted by atomic mass is 9.47. The van der Waals surface area contributed by atoms with Gasteiger partial charge in [-0.3, -0.25) is 4.79 Å². The summed E-state index contributed by atoms with van der Waals surface area (Å²) in [5.74, 6) is 3.72. The molecule has 3 heteroatoms. The van der Waals surface area contributed by atoms with Gasteiger partial charge in [-0.15, -0.1) is 0 Å². The predicted molar refractivity (Wildman–Crippen MR) is 109 cm³/mol. The van der Waals surface area contributed by atoms with E-state index >= 15 is 0 Å². The van der Waals surface area contributed by atoms with Crippen molar-refractivity contribution < 1.29 is 9.53 Å². The molecule has 150 valence electrons. The van der Waals surface area contributed by atoms with Gasteiger partial charge in [0.05, 0.1) is 12.4 Å². The van der Waals surface area contributed by atoms with Crippen LogP contribution in [0.5, 0.6) is 0 Å². The molecule has 4 aliphatic carbocycles. The van der Waals surface area contributed by atoms with E-state index < -0.39 is 0 Å². The molecule has 4 aliphatic rings.